The molecule has 21 heavy (non-hydrogen) atoms. The van der Waals surface area contributed by atoms with Crippen molar-refractivity contribution >= 4 is 0 Å². The van der Waals surface area contributed by atoms with Crippen molar-refractivity contribution in [3.05, 3.63) is 71.8 Å². The molecule has 0 saturated heterocycles. The van der Waals surface area contributed by atoms with Gasteiger partial charge in [0.15, 0.2) is 0 Å². The van der Waals surface area contributed by atoms with E-state index in [2.05, 4.69) is 54.6 Å². The summed E-state index contributed by atoms with van der Waals surface area (Å²) in [5.74, 6) is 1.50. The maximum atomic E-state index is 5.81. The van der Waals surface area contributed by atoms with Crippen molar-refractivity contribution in [2.24, 2.45) is 5.92 Å². The highest BCUT2D eigenvalue weighted by Crippen LogP contribution is 2.41. The zero-order chi connectivity index (χ0) is 14.9. The molecule has 1 saturated carbocycles. The summed E-state index contributed by atoms with van der Waals surface area (Å²) in [6, 6.07) is 21.2. The Hall–Kier alpha value is -1.60. The van der Waals surface area contributed by atoms with Crippen LogP contribution in [0.4, 0.5) is 0 Å². The maximum Gasteiger partial charge on any atom is 0.0717 e. The van der Waals surface area contributed by atoms with E-state index in [1.165, 1.54) is 24.0 Å². The molecule has 112 valence electrons. The minimum atomic E-state index is 0.743. The molecule has 1 nitrogen and oxygen atoms in total. The SMILES string of the molecule is CC.c1ccc(COCC2CC(c3ccccc3)C2)cc1. The lowest BCUT2D eigenvalue weighted by molar-refractivity contribution is 0.0508. The van der Waals surface area contributed by atoms with E-state index in [0.717, 1.165) is 25.0 Å². The lowest BCUT2D eigenvalue weighted by atomic mass is 9.72. The molecule has 0 heterocycles. The third-order valence-corrected chi connectivity index (χ3v) is 3.97. The topological polar surface area (TPSA) is 9.23 Å². The van der Waals surface area contributed by atoms with E-state index in [1.54, 1.807) is 0 Å². The monoisotopic (exact) mass is 282 g/mol. The highest BCUT2D eigenvalue weighted by molar-refractivity contribution is 5.21. The van der Waals surface area contributed by atoms with Crippen LogP contribution in [-0.2, 0) is 11.3 Å². The number of benzene rings is 2. The van der Waals surface area contributed by atoms with Crippen molar-refractivity contribution in [3.63, 3.8) is 0 Å². The van der Waals surface area contributed by atoms with E-state index in [4.69, 9.17) is 4.74 Å². The van der Waals surface area contributed by atoms with Gasteiger partial charge in [0.25, 0.3) is 0 Å². The second-order valence-electron chi connectivity index (χ2n) is 5.45. The van der Waals surface area contributed by atoms with Gasteiger partial charge in [-0.3, -0.25) is 0 Å². The van der Waals surface area contributed by atoms with Crippen LogP contribution in [0.1, 0.15) is 43.7 Å². The fraction of sp³-hybridized carbons (Fsp3) is 0.400. The van der Waals surface area contributed by atoms with E-state index < -0.39 is 0 Å². The van der Waals surface area contributed by atoms with Crippen LogP contribution in [-0.4, -0.2) is 6.61 Å². The third-order valence-electron chi connectivity index (χ3n) is 3.97. The average Bonchev–Trinajstić information content (AvgIpc) is 2.53. The minimum Gasteiger partial charge on any atom is -0.376 e. The van der Waals surface area contributed by atoms with Gasteiger partial charge in [-0.05, 0) is 35.8 Å². The molecule has 0 spiro atoms. The lowest BCUT2D eigenvalue weighted by Gasteiger charge is -2.35. The summed E-state index contributed by atoms with van der Waals surface area (Å²) >= 11 is 0. The standard InChI is InChI=1S/C18H20O.C2H6/c1-3-7-15(8-4-1)13-19-14-16-11-18(12-16)17-9-5-2-6-10-17;1-2/h1-10,16,18H,11-14H2;1-2H3. The summed E-state index contributed by atoms with van der Waals surface area (Å²) in [4.78, 5) is 0. The zero-order valence-corrected chi connectivity index (χ0v) is 13.2. The molecule has 1 aliphatic rings. The van der Waals surface area contributed by atoms with E-state index >= 15 is 0 Å². The van der Waals surface area contributed by atoms with Crippen LogP contribution in [0.2, 0.25) is 0 Å². The summed E-state index contributed by atoms with van der Waals surface area (Å²) in [6.45, 7) is 5.64. The van der Waals surface area contributed by atoms with Crippen LogP contribution in [0.25, 0.3) is 0 Å². The molecule has 0 aromatic heterocycles. The van der Waals surface area contributed by atoms with Gasteiger partial charge < -0.3 is 4.74 Å². The van der Waals surface area contributed by atoms with Gasteiger partial charge in [0.2, 0.25) is 0 Å². The smallest absolute Gasteiger partial charge is 0.0717 e. The Morgan fingerprint density at radius 2 is 1.43 bits per heavy atom. The quantitative estimate of drug-likeness (QED) is 0.711. The largest absolute Gasteiger partial charge is 0.376 e. The van der Waals surface area contributed by atoms with Crippen LogP contribution in [0.3, 0.4) is 0 Å². The first-order chi connectivity index (χ1) is 10.4. The molecule has 2 aromatic carbocycles. The summed E-state index contributed by atoms with van der Waals surface area (Å²) in [5.41, 5.74) is 2.75. The Kier molecular flexibility index (Phi) is 6.49. The fourth-order valence-corrected chi connectivity index (χ4v) is 2.79. The fourth-order valence-electron chi connectivity index (χ4n) is 2.79. The minimum absolute atomic E-state index is 0.743. The van der Waals surface area contributed by atoms with Gasteiger partial charge >= 0.3 is 0 Å². The molecule has 2 aromatic rings. The van der Waals surface area contributed by atoms with Gasteiger partial charge in [-0.2, -0.15) is 0 Å². The van der Waals surface area contributed by atoms with Gasteiger partial charge in [-0.15, -0.1) is 0 Å². The second-order valence-corrected chi connectivity index (χ2v) is 5.45. The molecule has 3 rings (SSSR count). The van der Waals surface area contributed by atoms with Gasteiger partial charge in [0.1, 0.15) is 0 Å². The summed E-state index contributed by atoms with van der Waals surface area (Å²) in [6.07, 6.45) is 2.55. The normalized spacial score (nSPS) is 20.1. The van der Waals surface area contributed by atoms with Crippen molar-refractivity contribution in [1.82, 2.24) is 0 Å². The molecule has 0 radical (unpaired) electrons. The molecule has 0 amide bonds. The number of rotatable bonds is 5. The van der Waals surface area contributed by atoms with Gasteiger partial charge in [0, 0.05) is 6.61 Å². The molecule has 1 heteroatoms. The molecule has 0 atom stereocenters. The first kappa shape index (κ1) is 15.8. The molecule has 1 fully saturated rings. The number of ether oxygens (including phenoxy) is 1. The zero-order valence-electron chi connectivity index (χ0n) is 13.2. The van der Waals surface area contributed by atoms with Crippen molar-refractivity contribution in [2.75, 3.05) is 6.61 Å². The van der Waals surface area contributed by atoms with Crippen LogP contribution in [0.15, 0.2) is 60.7 Å². The first-order valence-electron chi connectivity index (χ1n) is 8.08. The highest BCUT2D eigenvalue weighted by atomic mass is 16.5. The van der Waals surface area contributed by atoms with E-state index in [0.29, 0.717) is 0 Å². The third kappa shape index (κ3) is 4.71. The van der Waals surface area contributed by atoms with Crippen LogP contribution in [0.5, 0.6) is 0 Å². The Bertz CT molecular complexity index is 486. The van der Waals surface area contributed by atoms with E-state index in [-0.39, 0.29) is 0 Å². The summed E-state index contributed by atoms with van der Waals surface area (Å²) in [5, 5.41) is 0. The Labute approximate surface area is 129 Å². The van der Waals surface area contributed by atoms with Crippen molar-refractivity contribution < 1.29 is 4.74 Å². The van der Waals surface area contributed by atoms with E-state index in [1.807, 2.05) is 19.9 Å². The lowest BCUT2D eigenvalue weighted by Crippen LogP contribution is -2.25. The highest BCUT2D eigenvalue weighted by Gasteiger charge is 2.29. The Morgan fingerprint density at radius 1 is 0.857 bits per heavy atom. The molecule has 0 N–H and O–H groups in total. The van der Waals surface area contributed by atoms with Crippen LogP contribution < -0.4 is 0 Å². The molecule has 0 unspecified atom stereocenters. The Balaban J connectivity index is 0.000000774. The van der Waals surface area contributed by atoms with Crippen molar-refractivity contribution in [3.8, 4) is 0 Å². The number of hydrogen-bond donors (Lipinski definition) is 0. The van der Waals surface area contributed by atoms with Crippen molar-refractivity contribution in [1.29, 1.82) is 0 Å². The molecule has 0 bridgehead atoms. The van der Waals surface area contributed by atoms with Crippen LogP contribution in [0, 0.1) is 5.92 Å². The van der Waals surface area contributed by atoms with Gasteiger partial charge in [0.05, 0.1) is 6.61 Å². The first-order valence-corrected chi connectivity index (χ1v) is 8.08. The van der Waals surface area contributed by atoms with Crippen molar-refractivity contribution in [2.45, 2.75) is 39.2 Å². The van der Waals surface area contributed by atoms with Crippen LogP contribution >= 0.6 is 0 Å². The van der Waals surface area contributed by atoms with Gasteiger partial charge in [-0.25, -0.2) is 0 Å². The molecule has 1 aliphatic carbocycles. The predicted molar refractivity (Wildman–Crippen MR) is 89.4 cm³/mol. The second kappa shape index (κ2) is 8.63. The van der Waals surface area contributed by atoms with Gasteiger partial charge in [-0.1, -0.05) is 74.5 Å². The number of hydrogen-bond acceptors (Lipinski definition) is 1. The Morgan fingerprint density at radius 3 is 2.05 bits per heavy atom. The molecule has 0 aliphatic heterocycles. The maximum absolute atomic E-state index is 5.81. The average molecular weight is 282 g/mol. The summed E-state index contributed by atoms with van der Waals surface area (Å²) in [7, 11) is 0. The summed E-state index contributed by atoms with van der Waals surface area (Å²) < 4.78 is 5.81. The predicted octanol–water partition coefficient (Wildman–Crippen LogP) is 5.42. The molecular formula is C20H26O. The molecular weight excluding hydrogens is 256 g/mol. The van der Waals surface area contributed by atoms with E-state index in [9.17, 15) is 0 Å².